The van der Waals surface area contributed by atoms with Crippen molar-refractivity contribution in [2.24, 2.45) is 0 Å². The molecular formula is C23H28F4N6O2. The standard InChI is InChI=1S/C23H28F4N6O2/c24-16-11-33(12-17(16)25)23-30-18(13-1-2-15(7-13)32-3-5-34-6-4-32)9-19(31-23)14-8-20(35-22(26)27)21(28)29-10-14/h8-10,13,15-17,22H,1-7,11-12H2,(H2,28,29)/t13?,15?,16-,17+. The summed E-state index contributed by atoms with van der Waals surface area (Å²) in [6.07, 6.45) is 0.994. The summed E-state index contributed by atoms with van der Waals surface area (Å²) in [5, 5.41) is 0. The fourth-order valence-electron chi connectivity index (χ4n) is 5.13. The average Bonchev–Trinajstić information content (AvgIpc) is 3.48. The average molecular weight is 497 g/mol. The van der Waals surface area contributed by atoms with Crippen molar-refractivity contribution in [1.29, 1.82) is 0 Å². The molecule has 2 aromatic heterocycles. The molecule has 35 heavy (non-hydrogen) atoms. The Balaban J connectivity index is 1.47. The highest BCUT2D eigenvalue weighted by atomic mass is 19.3. The van der Waals surface area contributed by atoms with Gasteiger partial charge in [0.05, 0.1) is 32.0 Å². The van der Waals surface area contributed by atoms with Crippen molar-refractivity contribution in [2.45, 2.75) is 50.2 Å². The molecule has 3 fully saturated rings. The number of morpholine rings is 1. The first-order chi connectivity index (χ1) is 16.9. The fourth-order valence-corrected chi connectivity index (χ4v) is 5.13. The van der Waals surface area contributed by atoms with Crippen LogP contribution in [0.5, 0.6) is 5.75 Å². The van der Waals surface area contributed by atoms with Gasteiger partial charge in [-0.15, -0.1) is 0 Å². The molecule has 0 radical (unpaired) electrons. The Bertz CT molecular complexity index is 1030. The molecule has 2 aromatic rings. The first-order valence-corrected chi connectivity index (χ1v) is 11.8. The Labute approximate surface area is 200 Å². The smallest absolute Gasteiger partial charge is 0.387 e. The molecule has 12 heteroatoms. The Morgan fingerprint density at radius 2 is 1.80 bits per heavy atom. The molecule has 190 valence electrons. The van der Waals surface area contributed by atoms with E-state index in [0.717, 1.165) is 51.3 Å². The number of aromatic nitrogens is 3. The van der Waals surface area contributed by atoms with Gasteiger partial charge in [-0.1, -0.05) is 0 Å². The zero-order valence-electron chi connectivity index (χ0n) is 19.1. The van der Waals surface area contributed by atoms with Crippen molar-refractivity contribution >= 4 is 11.8 Å². The van der Waals surface area contributed by atoms with Crippen LogP contribution in [0, 0.1) is 0 Å². The van der Waals surface area contributed by atoms with Gasteiger partial charge in [-0.05, 0) is 31.4 Å². The number of hydrogen-bond donors (Lipinski definition) is 1. The third-order valence-electron chi connectivity index (χ3n) is 6.98. The number of ether oxygens (including phenoxy) is 2. The largest absolute Gasteiger partial charge is 0.431 e. The van der Waals surface area contributed by atoms with Gasteiger partial charge in [-0.2, -0.15) is 8.78 Å². The van der Waals surface area contributed by atoms with Crippen molar-refractivity contribution in [3.05, 3.63) is 24.0 Å². The van der Waals surface area contributed by atoms with Gasteiger partial charge in [0.25, 0.3) is 0 Å². The number of nitrogens with two attached hydrogens (primary N) is 1. The molecular weight excluding hydrogens is 468 g/mol. The zero-order chi connectivity index (χ0) is 24.5. The summed E-state index contributed by atoms with van der Waals surface area (Å²) in [6, 6.07) is 3.55. The van der Waals surface area contributed by atoms with Gasteiger partial charge in [0, 0.05) is 42.5 Å². The number of hydrogen-bond acceptors (Lipinski definition) is 8. The number of nitrogen functional groups attached to an aromatic ring is 1. The molecule has 2 saturated heterocycles. The maximum Gasteiger partial charge on any atom is 0.387 e. The summed E-state index contributed by atoms with van der Waals surface area (Å²) in [5.74, 6) is -0.0934. The van der Waals surface area contributed by atoms with Crippen LogP contribution in [-0.4, -0.2) is 84.2 Å². The third kappa shape index (κ3) is 5.27. The summed E-state index contributed by atoms with van der Waals surface area (Å²) >= 11 is 0. The molecule has 0 amide bonds. The summed E-state index contributed by atoms with van der Waals surface area (Å²) < 4.78 is 63.5. The minimum atomic E-state index is -3.06. The van der Waals surface area contributed by atoms with Crippen LogP contribution in [-0.2, 0) is 4.74 Å². The van der Waals surface area contributed by atoms with Crippen LogP contribution in [0.25, 0.3) is 11.3 Å². The van der Waals surface area contributed by atoms with Crippen LogP contribution in [0.2, 0.25) is 0 Å². The van der Waals surface area contributed by atoms with E-state index in [-0.39, 0.29) is 36.5 Å². The number of nitrogens with zero attached hydrogens (tertiary/aromatic N) is 5. The SMILES string of the molecule is Nc1ncc(-c2cc(C3CCC(N4CCOCC4)C3)nc(N3C[C@@H](F)[C@@H](F)C3)n2)cc1OC(F)F. The molecule has 0 spiro atoms. The minimum Gasteiger partial charge on any atom is -0.431 e. The van der Waals surface area contributed by atoms with E-state index in [2.05, 4.69) is 19.6 Å². The summed E-state index contributed by atoms with van der Waals surface area (Å²) in [5.41, 5.74) is 7.25. The molecule has 0 aromatic carbocycles. The normalized spacial score (nSPS) is 27.6. The van der Waals surface area contributed by atoms with Gasteiger partial charge in [0.1, 0.15) is 0 Å². The van der Waals surface area contributed by atoms with E-state index >= 15 is 0 Å². The van der Waals surface area contributed by atoms with Crippen molar-refractivity contribution in [2.75, 3.05) is 50.0 Å². The van der Waals surface area contributed by atoms with Crippen LogP contribution in [0.1, 0.15) is 30.9 Å². The Hall–Kier alpha value is -2.73. The van der Waals surface area contributed by atoms with E-state index in [1.165, 1.54) is 17.2 Å². The second kappa shape index (κ2) is 10.1. The zero-order valence-corrected chi connectivity index (χ0v) is 19.1. The van der Waals surface area contributed by atoms with E-state index in [1.54, 1.807) is 6.07 Å². The minimum absolute atomic E-state index is 0.131. The van der Waals surface area contributed by atoms with Crippen LogP contribution in [0.15, 0.2) is 18.3 Å². The fraction of sp³-hybridized carbons (Fsp3) is 0.609. The molecule has 1 aliphatic carbocycles. The molecule has 2 aliphatic heterocycles. The quantitative estimate of drug-likeness (QED) is 0.610. The molecule has 0 bridgehead atoms. The van der Waals surface area contributed by atoms with Gasteiger partial charge < -0.3 is 20.1 Å². The Morgan fingerprint density at radius 3 is 2.51 bits per heavy atom. The van der Waals surface area contributed by atoms with Crippen molar-refractivity contribution in [1.82, 2.24) is 19.9 Å². The van der Waals surface area contributed by atoms with Gasteiger partial charge in [-0.25, -0.2) is 23.7 Å². The first-order valence-electron chi connectivity index (χ1n) is 11.8. The van der Waals surface area contributed by atoms with E-state index in [0.29, 0.717) is 17.3 Å². The van der Waals surface area contributed by atoms with Crippen LogP contribution < -0.4 is 15.4 Å². The maximum absolute atomic E-state index is 14.0. The van der Waals surface area contributed by atoms with Gasteiger partial charge in [0.2, 0.25) is 5.95 Å². The first kappa shape index (κ1) is 24.0. The molecule has 2 N–H and O–H groups in total. The monoisotopic (exact) mass is 496 g/mol. The number of halogens is 4. The second-order valence-corrected chi connectivity index (χ2v) is 9.21. The lowest BCUT2D eigenvalue weighted by molar-refractivity contribution is -0.0494. The van der Waals surface area contributed by atoms with E-state index in [4.69, 9.17) is 15.5 Å². The summed E-state index contributed by atoms with van der Waals surface area (Å²) in [7, 11) is 0. The molecule has 4 heterocycles. The van der Waals surface area contributed by atoms with Crippen LogP contribution >= 0.6 is 0 Å². The topological polar surface area (TPSA) is 89.6 Å². The molecule has 8 nitrogen and oxygen atoms in total. The molecule has 3 aliphatic rings. The Morgan fingerprint density at radius 1 is 1.06 bits per heavy atom. The molecule has 2 unspecified atom stereocenters. The number of rotatable bonds is 6. The van der Waals surface area contributed by atoms with E-state index < -0.39 is 19.0 Å². The molecule has 1 saturated carbocycles. The lowest BCUT2D eigenvalue weighted by Gasteiger charge is -2.32. The highest BCUT2D eigenvalue weighted by Gasteiger charge is 2.36. The van der Waals surface area contributed by atoms with Gasteiger partial charge in [-0.3, -0.25) is 4.90 Å². The predicted octanol–water partition coefficient (Wildman–Crippen LogP) is 3.19. The van der Waals surface area contributed by atoms with Gasteiger partial charge in [0.15, 0.2) is 23.9 Å². The van der Waals surface area contributed by atoms with E-state index in [9.17, 15) is 17.6 Å². The molecule has 5 rings (SSSR count). The maximum atomic E-state index is 14.0. The van der Waals surface area contributed by atoms with Crippen LogP contribution in [0.3, 0.4) is 0 Å². The lowest BCUT2D eigenvalue weighted by atomic mass is 10.0. The number of pyridine rings is 1. The lowest BCUT2D eigenvalue weighted by Crippen LogP contribution is -2.42. The second-order valence-electron chi connectivity index (χ2n) is 9.21. The molecule has 4 atom stereocenters. The summed E-state index contributed by atoms with van der Waals surface area (Å²) in [4.78, 5) is 17.1. The highest BCUT2D eigenvalue weighted by Crippen LogP contribution is 2.39. The predicted molar refractivity (Wildman–Crippen MR) is 121 cm³/mol. The highest BCUT2D eigenvalue weighted by molar-refractivity contribution is 5.65. The number of alkyl halides is 4. The Kier molecular flexibility index (Phi) is 6.92. The summed E-state index contributed by atoms with van der Waals surface area (Å²) in [6.45, 7) is -0.125. The van der Waals surface area contributed by atoms with Crippen molar-refractivity contribution in [3.63, 3.8) is 0 Å². The van der Waals surface area contributed by atoms with Crippen molar-refractivity contribution in [3.8, 4) is 17.0 Å². The number of anilines is 2. The van der Waals surface area contributed by atoms with Gasteiger partial charge >= 0.3 is 6.61 Å². The van der Waals surface area contributed by atoms with Crippen molar-refractivity contribution < 1.29 is 27.0 Å². The third-order valence-corrected chi connectivity index (χ3v) is 6.98. The van der Waals surface area contributed by atoms with E-state index in [1.807, 2.05) is 0 Å². The van der Waals surface area contributed by atoms with Crippen LogP contribution in [0.4, 0.5) is 29.3 Å².